The Hall–Kier alpha value is -2.48. The standard InChI is InChI=1S/C33H51NO19/c35-12-17-21(39)23(41)25(43)30(51-17)33(48)28(45)16(10-11-34-19(37)8-4-5-9-20(38)49-14-15-6-2-1-3-7-15)50-27(29(33)46)31(47)53-32-26(44)24(42)22(40)18(13-36)52-32/h1-3,6-7,16-18,21-32,35-36,39-48H,4-5,8-14H2,(H,34,37)/t16-,17-,18-,21-,22-,23+,24+,25+,26+,27+,28-,29-,30+,31?,32-,33-/m1/s1. The molecule has 0 aliphatic carbocycles. The van der Waals surface area contributed by atoms with Crippen LogP contribution in [-0.2, 0) is 39.9 Å². The molecule has 4 rings (SSSR count). The number of aliphatic hydroxyl groups is 12. The maximum absolute atomic E-state index is 12.6. The van der Waals surface area contributed by atoms with Gasteiger partial charge >= 0.3 is 5.97 Å². The molecule has 1 unspecified atom stereocenters. The number of esters is 1. The Morgan fingerprint density at radius 1 is 0.755 bits per heavy atom. The van der Waals surface area contributed by atoms with Gasteiger partial charge in [0.15, 0.2) is 18.2 Å². The van der Waals surface area contributed by atoms with E-state index < -0.39 is 123 Å². The average molecular weight is 766 g/mol. The zero-order valence-electron chi connectivity index (χ0n) is 28.6. The molecule has 0 radical (unpaired) electrons. The SMILES string of the molecule is O=C(CCCCC(=O)OCc1ccccc1)NCC[C@H]1O[C@H](C(O)O[C@H]2O[C@H](CO)[C@@H](O)[C@H](O)[C@@H]2O)[C@@H](O)[C@@](O)([C@H]2O[C@H](CO)[C@@H](O)[C@H](O)[C@@H]2O)[C@@H]1O. The minimum absolute atomic E-state index is 0.00183. The van der Waals surface area contributed by atoms with Crippen LogP contribution in [0.4, 0.5) is 0 Å². The molecule has 20 nitrogen and oxygen atoms in total. The second-order valence-electron chi connectivity index (χ2n) is 13.4. The van der Waals surface area contributed by atoms with Crippen LogP contribution >= 0.6 is 0 Å². The summed E-state index contributed by atoms with van der Waals surface area (Å²) < 4.78 is 26.9. The van der Waals surface area contributed by atoms with Gasteiger partial charge in [-0.2, -0.15) is 0 Å². The van der Waals surface area contributed by atoms with Crippen molar-refractivity contribution in [2.45, 2.75) is 136 Å². The highest BCUT2D eigenvalue weighted by atomic mass is 16.8. The Balaban J connectivity index is 1.41. The van der Waals surface area contributed by atoms with Gasteiger partial charge in [-0.3, -0.25) is 9.59 Å². The fourth-order valence-electron chi connectivity index (χ4n) is 6.56. The minimum Gasteiger partial charge on any atom is -0.461 e. The topological polar surface area (TPSA) is 335 Å². The molecule has 3 aliphatic heterocycles. The van der Waals surface area contributed by atoms with Gasteiger partial charge in [-0.15, -0.1) is 0 Å². The second kappa shape index (κ2) is 19.4. The summed E-state index contributed by atoms with van der Waals surface area (Å²) in [6.07, 6.45) is -29.3. The number of benzene rings is 1. The van der Waals surface area contributed by atoms with Gasteiger partial charge in [-0.25, -0.2) is 0 Å². The summed E-state index contributed by atoms with van der Waals surface area (Å²) in [5.41, 5.74) is -2.23. The molecule has 0 bridgehead atoms. The molecule has 1 aromatic carbocycles. The number of carbonyl (C=O) groups is 2. The highest BCUT2D eigenvalue weighted by Crippen LogP contribution is 2.41. The van der Waals surface area contributed by atoms with Gasteiger partial charge in [0.05, 0.1) is 19.3 Å². The Bertz CT molecular complexity index is 1290. The number of nitrogens with one attached hydrogen (secondary N) is 1. The van der Waals surface area contributed by atoms with E-state index in [0.717, 1.165) is 5.56 Å². The van der Waals surface area contributed by atoms with Crippen LogP contribution < -0.4 is 5.32 Å². The van der Waals surface area contributed by atoms with E-state index in [9.17, 15) is 70.9 Å². The van der Waals surface area contributed by atoms with Gasteiger partial charge in [0.25, 0.3) is 0 Å². The molecule has 3 aliphatic rings. The molecule has 3 fully saturated rings. The number of rotatable bonds is 16. The lowest BCUT2D eigenvalue weighted by molar-refractivity contribution is -0.383. The van der Waals surface area contributed by atoms with Crippen LogP contribution in [0.3, 0.4) is 0 Å². The van der Waals surface area contributed by atoms with Gasteiger partial charge in [0.2, 0.25) is 5.91 Å². The molecule has 3 heterocycles. The molecular formula is C33H51NO19. The van der Waals surface area contributed by atoms with Crippen molar-refractivity contribution >= 4 is 11.9 Å². The molecule has 16 atom stereocenters. The maximum atomic E-state index is 12.6. The highest BCUT2D eigenvalue weighted by molar-refractivity contribution is 5.76. The zero-order valence-corrected chi connectivity index (χ0v) is 28.6. The average Bonchev–Trinajstić information content (AvgIpc) is 3.15. The Morgan fingerprint density at radius 2 is 1.36 bits per heavy atom. The maximum Gasteiger partial charge on any atom is 0.306 e. The fourth-order valence-corrected chi connectivity index (χ4v) is 6.56. The predicted octanol–water partition coefficient (Wildman–Crippen LogP) is -6.01. The molecule has 3 saturated heterocycles. The van der Waals surface area contributed by atoms with Crippen molar-refractivity contribution in [1.82, 2.24) is 5.32 Å². The first-order valence-corrected chi connectivity index (χ1v) is 17.3. The van der Waals surface area contributed by atoms with Crippen LogP contribution in [0, 0.1) is 0 Å². The van der Waals surface area contributed by atoms with Gasteiger partial charge in [-0.05, 0) is 24.8 Å². The van der Waals surface area contributed by atoms with Crippen LogP contribution in [0.5, 0.6) is 0 Å². The van der Waals surface area contributed by atoms with E-state index in [4.69, 9.17) is 23.7 Å². The number of carbonyl (C=O) groups excluding carboxylic acids is 2. The van der Waals surface area contributed by atoms with Crippen molar-refractivity contribution in [2.24, 2.45) is 0 Å². The molecule has 0 spiro atoms. The van der Waals surface area contributed by atoms with Crippen molar-refractivity contribution in [2.75, 3.05) is 19.8 Å². The van der Waals surface area contributed by atoms with E-state index in [0.29, 0.717) is 12.8 Å². The highest BCUT2D eigenvalue weighted by Gasteiger charge is 2.65. The van der Waals surface area contributed by atoms with Crippen molar-refractivity contribution < 1.29 is 94.6 Å². The van der Waals surface area contributed by atoms with E-state index in [1.165, 1.54) is 0 Å². The third kappa shape index (κ3) is 10.0. The van der Waals surface area contributed by atoms with E-state index in [1.54, 1.807) is 0 Å². The molecule has 0 saturated carbocycles. The summed E-state index contributed by atoms with van der Waals surface area (Å²) in [5.74, 6) is -0.890. The van der Waals surface area contributed by atoms with Gasteiger partial charge < -0.3 is 90.3 Å². The molecular weight excluding hydrogens is 714 g/mol. The van der Waals surface area contributed by atoms with Crippen LogP contribution in [0.15, 0.2) is 30.3 Å². The monoisotopic (exact) mass is 765 g/mol. The molecule has 0 aromatic heterocycles. The number of aliphatic hydroxyl groups excluding tert-OH is 11. The van der Waals surface area contributed by atoms with E-state index in [1.807, 2.05) is 30.3 Å². The van der Waals surface area contributed by atoms with Gasteiger partial charge in [0, 0.05) is 19.4 Å². The lowest BCUT2D eigenvalue weighted by Gasteiger charge is -2.55. The van der Waals surface area contributed by atoms with Crippen LogP contribution in [0.1, 0.15) is 37.7 Å². The van der Waals surface area contributed by atoms with Crippen molar-refractivity contribution in [3.63, 3.8) is 0 Å². The number of amides is 1. The van der Waals surface area contributed by atoms with Crippen molar-refractivity contribution in [3.05, 3.63) is 35.9 Å². The third-order valence-electron chi connectivity index (χ3n) is 9.72. The van der Waals surface area contributed by atoms with Crippen molar-refractivity contribution in [3.8, 4) is 0 Å². The van der Waals surface area contributed by atoms with Gasteiger partial charge in [0.1, 0.15) is 79.9 Å². The van der Waals surface area contributed by atoms with Crippen molar-refractivity contribution in [1.29, 1.82) is 0 Å². The van der Waals surface area contributed by atoms with E-state index in [2.05, 4.69) is 5.32 Å². The number of unbranched alkanes of at least 4 members (excludes halogenated alkanes) is 1. The predicted molar refractivity (Wildman–Crippen MR) is 173 cm³/mol. The number of hydrogen-bond donors (Lipinski definition) is 13. The summed E-state index contributed by atoms with van der Waals surface area (Å²) >= 11 is 0. The normalized spacial score (nSPS) is 39.6. The molecule has 1 amide bonds. The van der Waals surface area contributed by atoms with Crippen LogP contribution in [0.25, 0.3) is 0 Å². The summed E-state index contributed by atoms with van der Waals surface area (Å²) in [5, 5.41) is 130. The summed E-state index contributed by atoms with van der Waals surface area (Å²) in [4.78, 5) is 24.6. The van der Waals surface area contributed by atoms with Crippen LogP contribution in [-0.4, -0.2) is 190 Å². The fraction of sp³-hybridized carbons (Fsp3) is 0.758. The third-order valence-corrected chi connectivity index (χ3v) is 9.72. The largest absolute Gasteiger partial charge is 0.461 e. The Morgan fingerprint density at radius 3 is 2.00 bits per heavy atom. The van der Waals surface area contributed by atoms with E-state index >= 15 is 0 Å². The quantitative estimate of drug-likeness (QED) is 0.0423. The molecule has 20 heteroatoms. The van der Waals surface area contributed by atoms with Crippen LogP contribution in [0.2, 0.25) is 0 Å². The smallest absolute Gasteiger partial charge is 0.306 e. The second-order valence-corrected chi connectivity index (χ2v) is 13.4. The number of hydrogen-bond acceptors (Lipinski definition) is 19. The summed E-state index contributed by atoms with van der Waals surface area (Å²) in [6, 6.07) is 9.09. The Kier molecular flexibility index (Phi) is 15.8. The molecule has 302 valence electrons. The summed E-state index contributed by atoms with van der Waals surface area (Å²) in [6.45, 7) is -1.88. The Labute approximate surface area is 303 Å². The first kappa shape index (κ1) is 43.3. The van der Waals surface area contributed by atoms with Gasteiger partial charge in [-0.1, -0.05) is 30.3 Å². The molecule has 1 aromatic rings. The molecule has 13 N–H and O–H groups in total. The first-order valence-electron chi connectivity index (χ1n) is 17.3. The molecule has 53 heavy (non-hydrogen) atoms. The lowest BCUT2D eigenvalue weighted by atomic mass is 9.72. The number of ether oxygens (including phenoxy) is 5. The first-order chi connectivity index (χ1) is 25.1. The zero-order chi connectivity index (χ0) is 39.0. The summed E-state index contributed by atoms with van der Waals surface area (Å²) in [7, 11) is 0. The lowest BCUT2D eigenvalue weighted by Crippen LogP contribution is -2.78. The minimum atomic E-state index is -3.06. The van der Waals surface area contributed by atoms with E-state index in [-0.39, 0.29) is 32.4 Å².